The van der Waals surface area contributed by atoms with Crippen molar-refractivity contribution in [1.29, 1.82) is 0 Å². The number of anilines is 1. The van der Waals surface area contributed by atoms with Crippen molar-refractivity contribution in [1.82, 2.24) is 14.3 Å². The molecule has 1 unspecified atom stereocenters. The molecule has 0 saturated heterocycles. The lowest BCUT2D eigenvalue weighted by molar-refractivity contribution is -0.123. The van der Waals surface area contributed by atoms with Crippen LogP contribution in [0.1, 0.15) is 28.7 Å². The van der Waals surface area contributed by atoms with Crippen LogP contribution in [0.15, 0.2) is 30.5 Å². The summed E-state index contributed by atoms with van der Waals surface area (Å²) in [5.74, 6) is -0.915. The lowest BCUT2D eigenvalue weighted by Gasteiger charge is -2.13. The van der Waals surface area contributed by atoms with Crippen LogP contribution in [0.4, 0.5) is 5.69 Å². The summed E-state index contributed by atoms with van der Waals surface area (Å²) in [4.78, 5) is 25.0. The molecule has 7 heteroatoms. The molecular weight excluding hydrogens is 332 g/mol. The summed E-state index contributed by atoms with van der Waals surface area (Å²) in [5.41, 5.74) is 3.56. The third kappa shape index (κ3) is 3.08. The zero-order chi connectivity index (χ0) is 19.0. The predicted molar refractivity (Wildman–Crippen MR) is 99.1 cm³/mol. The van der Waals surface area contributed by atoms with Gasteiger partial charge in [0.1, 0.15) is 0 Å². The van der Waals surface area contributed by atoms with Crippen molar-refractivity contribution in [2.24, 2.45) is 14.1 Å². The van der Waals surface area contributed by atoms with Crippen molar-refractivity contribution in [3.63, 3.8) is 0 Å². The normalized spacial score (nSPS) is 12.2. The fraction of sp³-hybridized carbons (Fsp3) is 0.316. The van der Waals surface area contributed by atoms with Gasteiger partial charge in [-0.15, -0.1) is 0 Å². The number of para-hydroxylation sites is 1. The number of ether oxygens (including phenoxy) is 1. The van der Waals surface area contributed by atoms with Gasteiger partial charge in [0.05, 0.1) is 22.6 Å². The maximum Gasteiger partial charge on any atom is 0.341 e. The zero-order valence-corrected chi connectivity index (χ0v) is 15.5. The van der Waals surface area contributed by atoms with Crippen molar-refractivity contribution in [3.8, 4) is 0 Å². The number of nitrogens with zero attached hydrogens (tertiary/aromatic N) is 3. The fourth-order valence-corrected chi connectivity index (χ4v) is 2.96. The number of hydrogen-bond donors (Lipinski definition) is 1. The molecule has 0 aliphatic rings. The van der Waals surface area contributed by atoms with E-state index in [1.165, 1.54) is 0 Å². The number of amides is 1. The van der Waals surface area contributed by atoms with Crippen LogP contribution in [-0.4, -0.2) is 32.3 Å². The third-order valence-corrected chi connectivity index (χ3v) is 4.53. The molecule has 0 aliphatic carbocycles. The highest BCUT2D eigenvalue weighted by atomic mass is 16.5. The Balaban J connectivity index is 1.75. The summed E-state index contributed by atoms with van der Waals surface area (Å²) >= 11 is 0. The Morgan fingerprint density at radius 2 is 1.88 bits per heavy atom. The van der Waals surface area contributed by atoms with Crippen molar-refractivity contribution in [2.45, 2.75) is 26.9 Å². The molecule has 0 aliphatic heterocycles. The first-order valence-electron chi connectivity index (χ1n) is 8.35. The van der Waals surface area contributed by atoms with E-state index in [0.29, 0.717) is 16.9 Å². The summed E-state index contributed by atoms with van der Waals surface area (Å²) in [6.45, 7) is 5.23. The smallest absolute Gasteiger partial charge is 0.341 e. The summed E-state index contributed by atoms with van der Waals surface area (Å²) in [6, 6.07) is 7.56. The van der Waals surface area contributed by atoms with E-state index in [2.05, 4.69) is 10.4 Å². The van der Waals surface area contributed by atoms with Crippen molar-refractivity contribution in [2.75, 3.05) is 5.32 Å². The van der Waals surface area contributed by atoms with E-state index < -0.39 is 18.0 Å². The second-order valence-electron chi connectivity index (χ2n) is 6.38. The van der Waals surface area contributed by atoms with Gasteiger partial charge >= 0.3 is 5.97 Å². The summed E-state index contributed by atoms with van der Waals surface area (Å²) in [5, 5.41) is 7.85. The van der Waals surface area contributed by atoms with Crippen LogP contribution in [0, 0.1) is 13.8 Å². The van der Waals surface area contributed by atoms with Crippen LogP contribution >= 0.6 is 0 Å². The van der Waals surface area contributed by atoms with E-state index in [-0.39, 0.29) is 0 Å². The minimum Gasteiger partial charge on any atom is -0.449 e. The number of fused-ring (bicyclic) bond motifs is 1. The highest BCUT2D eigenvalue weighted by Gasteiger charge is 2.23. The van der Waals surface area contributed by atoms with Crippen molar-refractivity contribution in [3.05, 3.63) is 47.4 Å². The average molecular weight is 354 g/mol. The Kier molecular flexibility index (Phi) is 4.54. The lowest BCUT2D eigenvalue weighted by atomic mass is 10.2. The van der Waals surface area contributed by atoms with E-state index in [1.54, 1.807) is 17.8 Å². The number of carbonyl (C=O) groups excluding carboxylic acids is 2. The molecule has 26 heavy (non-hydrogen) atoms. The molecule has 0 bridgehead atoms. The van der Waals surface area contributed by atoms with Gasteiger partial charge in [-0.1, -0.05) is 18.2 Å². The number of nitrogens with one attached hydrogen (secondary N) is 1. The SMILES string of the molecule is Cc1nn(C)c(C)c1NC(=O)C(C)OC(=O)c1cn(C)c2ccccc12. The Bertz CT molecular complexity index is 1000. The van der Waals surface area contributed by atoms with Gasteiger partial charge in [0.2, 0.25) is 0 Å². The number of hydrogen-bond acceptors (Lipinski definition) is 4. The third-order valence-electron chi connectivity index (χ3n) is 4.53. The fourth-order valence-electron chi connectivity index (χ4n) is 2.96. The second kappa shape index (κ2) is 6.67. The number of aryl methyl sites for hydroxylation is 3. The zero-order valence-electron chi connectivity index (χ0n) is 15.5. The first-order valence-corrected chi connectivity index (χ1v) is 8.35. The van der Waals surface area contributed by atoms with Crippen LogP contribution in [0.2, 0.25) is 0 Å². The largest absolute Gasteiger partial charge is 0.449 e. The highest BCUT2D eigenvalue weighted by molar-refractivity contribution is 6.05. The van der Waals surface area contributed by atoms with Gasteiger partial charge in [0.15, 0.2) is 6.10 Å². The Hall–Kier alpha value is -3.09. The van der Waals surface area contributed by atoms with Crippen molar-refractivity contribution >= 4 is 28.5 Å². The quantitative estimate of drug-likeness (QED) is 0.731. The van der Waals surface area contributed by atoms with Crippen LogP contribution < -0.4 is 5.32 Å². The lowest BCUT2D eigenvalue weighted by Crippen LogP contribution is -2.30. The van der Waals surface area contributed by atoms with Gasteiger partial charge in [-0.3, -0.25) is 9.48 Å². The second-order valence-corrected chi connectivity index (χ2v) is 6.38. The molecule has 0 spiro atoms. The highest BCUT2D eigenvalue weighted by Crippen LogP contribution is 2.22. The molecular formula is C19H22N4O3. The predicted octanol–water partition coefficient (Wildman–Crippen LogP) is 2.71. The Morgan fingerprint density at radius 3 is 2.54 bits per heavy atom. The average Bonchev–Trinajstić information content (AvgIpc) is 3.06. The van der Waals surface area contributed by atoms with Gasteiger partial charge < -0.3 is 14.6 Å². The number of rotatable bonds is 4. The van der Waals surface area contributed by atoms with Gasteiger partial charge in [-0.05, 0) is 26.8 Å². The molecule has 2 heterocycles. The summed E-state index contributed by atoms with van der Waals surface area (Å²) < 4.78 is 8.94. The molecule has 0 saturated carbocycles. The topological polar surface area (TPSA) is 78.2 Å². The first kappa shape index (κ1) is 17.7. The minimum absolute atomic E-state index is 0.391. The number of carbonyl (C=O) groups is 2. The number of aromatic nitrogens is 3. The Labute approximate surface area is 151 Å². The Morgan fingerprint density at radius 1 is 1.19 bits per heavy atom. The number of benzene rings is 1. The molecule has 3 aromatic rings. The van der Waals surface area contributed by atoms with Gasteiger partial charge in [-0.25, -0.2) is 4.79 Å². The van der Waals surface area contributed by atoms with Crippen LogP contribution in [0.25, 0.3) is 10.9 Å². The molecule has 2 aromatic heterocycles. The first-order chi connectivity index (χ1) is 12.3. The van der Waals surface area contributed by atoms with E-state index >= 15 is 0 Å². The van der Waals surface area contributed by atoms with Crippen LogP contribution in [0.5, 0.6) is 0 Å². The summed E-state index contributed by atoms with van der Waals surface area (Å²) in [7, 11) is 3.67. The monoisotopic (exact) mass is 354 g/mol. The van der Waals surface area contributed by atoms with E-state index in [9.17, 15) is 9.59 Å². The van der Waals surface area contributed by atoms with Crippen molar-refractivity contribution < 1.29 is 14.3 Å². The van der Waals surface area contributed by atoms with Gasteiger partial charge in [0, 0.05) is 31.2 Å². The standard InChI is InChI=1S/C19H22N4O3/c1-11-17(12(2)23(5)21-11)20-18(24)13(3)26-19(25)15-10-22(4)16-9-7-6-8-14(15)16/h6-10,13H,1-5H3,(H,20,24). The molecule has 136 valence electrons. The molecule has 1 N–H and O–H groups in total. The van der Waals surface area contributed by atoms with E-state index in [4.69, 9.17) is 4.74 Å². The molecule has 1 amide bonds. The van der Waals surface area contributed by atoms with Crippen LogP contribution in [-0.2, 0) is 23.6 Å². The summed E-state index contributed by atoms with van der Waals surface area (Å²) in [6.07, 6.45) is 0.785. The molecule has 3 rings (SSSR count). The van der Waals surface area contributed by atoms with E-state index in [1.807, 2.05) is 56.8 Å². The maximum atomic E-state index is 12.5. The van der Waals surface area contributed by atoms with Gasteiger partial charge in [-0.2, -0.15) is 5.10 Å². The molecule has 1 atom stereocenters. The molecule has 0 radical (unpaired) electrons. The van der Waals surface area contributed by atoms with Crippen LogP contribution in [0.3, 0.4) is 0 Å². The van der Waals surface area contributed by atoms with Gasteiger partial charge in [0.25, 0.3) is 5.91 Å². The molecule has 1 aromatic carbocycles. The minimum atomic E-state index is -0.930. The molecule has 0 fully saturated rings. The molecule has 7 nitrogen and oxygen atoms in total. The van der Waals surface area contributed by atoms with E-state index in [0.717, 1.165) is 16.6 Å². The number of esters is 1. The maximum absolute atomic E-state index is 12.5.